The third kappa shape index (κ3) is 2.51. The minimum absolute atomic E-state index is 0.0254. The van der Waals surface area contributed by atoms with Crippen LogP contribution in [0.4, 0.5) is 0 Å². The molecule has 0 spiro atoms. The highest BCUT2D eigenvalue weighted by molar-refractivity contribution is 14.1. The number of halogens is 2. The Morgan fingerprint density at radius 1 is 1.00 bits per heavy atom. The maximum atomic E-state index is 12.0. The van der Waals surface area contributed by atoms with Crippen LogP contribution in [0.5, 0.6) is 0 Å². The van der Waals surface area contributed by atoms with E-state index < -0.39 is 0 Å². The molecule has 0 amide bonds. The minimum atomic E-state index is -0.223. The summed E-state index contributed by atoms with van der Waals surface area (Å²) in [5.41, 5.74) is 3.84. The summed E-state index contributed by atoms with van der Waals surface area (Å²) in [5.74, 6) is 0. The Bertz CT molecular complexity index is 882. The van der Waals surface area contributed by atoms with Crippen LogP contribution in [0.2, 0.25) is 0 Å². The van der Waals surface area contributed by atoms with Crippen molar-refractivity contribution in [3.05, 3.63) is 67.6 Å². The number of imidazole rings is 1. The molecular formula is C16H14ClIN2O. The molecule has 0 saturated carbocycles. The van der Waals surface area contributed by atoms with Crippen molar-refractivity contribution in [2.45, 2.75) is 5.38 Å². The van der Waals surface area contributed by atoms with E-state index >= 15 is 0 Å². The molecule has 0 saturated heterocycles. The van der Waals surface area contributed by atoms with Crippen LogP contribution in [0, 0.1) is 3.57 Å². The second-order valence-electron chi connectivity index (χ2n) is 5.07. The van der Waals surface area contributed by atoms with E-state index in [1.807, 2.05) is 36.4 Å². The van der Waals surface area contributed by atoms with Crippen molar-refractivity contribution in [2.24, 2.45) is 14.1 Å². The maximum Gasteiger partial charge on any atom is 0.328 e. The molecule has 1 unspecified atom stereocenters. The number of alkyl halides is 1. The van der Waals surface area contributed by atoms with Gasteiger partial charge in [0.05, 0.1) is 16.4 Å². The number of benzene rings is 2. The minimum Gasteiger partial charge on any atom is -0.295 e. The van der Waals surface area contributed by atoms with Gasteiger partial charge in [0.15, 0.2) is 0 Å². The van der Waals surface area contributed by atoms with Crippen molar-refractivity contribution in [2.75, 3.05) is 0 Å². The second-order valence-corrected chi connectivity index (χ2v) is 6.75. The first-order chi connectivity index (χ1) is 9.99. The summed E-state index contributed by atoms with van der Waals surface area (Å²) in [6, 6.07) is 14.1. The lowest BCUT2D eigenvalue weighted by molar-refractivity contribution is 0.795. The Labute approximate surface area is 141 Å². The molecule has 0 bridgehead atoms. The van der Waals surface area contributed by atoms with Gasteiger partial charge >= 0.3 is 5.69 Å². The van der Waals surface area contributed by atoms with E-state index in [0.717, 1.165) is 25.7 Å². The highest BCUT2D eigenvalue weighted by Crippen LogP contribution is 2.31. The van der Waals surface area contributed by atoms with Gasteiger partial charge in [0.25, 0.3) is 0 Å². The van der Waals surface area contributed by atoms with E-state index in [1.165, 1.54) is 0 Å². The molecule has 108 valence electrons. The molecule has 3 rings (SSSR count). The van der Waals surface area contributed by atoms with Gasteiger partial charge in [-0.1, -0.05) is 18.2 Å². The molecule has 21 heavy (non-hydrogen) atoms. The van der Waals surface area contributed by atoms with E-state index in [2.05, 4.69) is 28.7 Å². The fourth-order valence-corrected chi connectivity index (χ4v) is 3.38. The highest BCUT2D eigenvalue weighted by Gasteiger charge is 2.14. The average Bonchev–Trinajstić information content (AvgIpc) is 2.71. The summed E-state index contributed by atoms with van der Waals surface area (Å²) in [5, 5.41) is -0.223. The maximum absolute atomic E-state index is 12.0. The normalized spacial score (nSPS) is 12.8. The Balaban J connectivity index is 2.13. The topological polar surface area (TPSA) is 26.9 Å². The number of hydrogen-bond acceptors (Lipinski definition) is 1. The third-order valence-electron chi connectivity index (χ3n) is 3.73. The second kappa shape index (κ2) is 5.50. The number of fused-ring (bicyclic) bond motifs is 1. The zero-order valence-corrected chi connectivity index (χ0v) is 14.6. The van der Waals surface area contributed by atoms with Crippen molar-refractivity contribution >= 4 is 45.2 Å². The first kappa shape index (κ1) is 14.7. The zero-order valence-electron chi connectivity index (χ0n) is 11.7. The van der Waals surface area contributed by atoms with E-state index in [4.69, 9.17) is 11.6 Å². The van der Waals surface area contributed by atoms with Gasteiger partial charge in [-0.15, -0.1) is 11.6 Å². The molecule has 3 nitrogen and oxygen atoms in total. The molecule has 0 aliphatic rings. The summed E-state index contributed by atoms with van der Waals surface area (Å²) in [6.07, 6.45) is 0. The van der Waals surface area contributed by atoms with Crippen molar-refractivity contribution in [1.82, 2.24) is 9.13 Å². The molecule has 2 aromatic carbocycles. The first-order valence-corrected chi connectivity index (χ1v) is 8.05. The van der Waals surface area contributed by atoms with Crippen LogP contribution >= 0.6 is 34.2 Å². The molecule has 0 aliphatic carbocycles. The van der Waals surface area contributed by atoms with E-state index in [0.29, 0.717) is 0 Å². The molecule has 0 N–H and O–H groups in total. The lowest BCUT2D eigenvalue weighted by Crippen LogP contribution is -2.19. The first-order valence-electron chi connectivity index (χ1n) is 6.54. The zero-order chi connectivity index (χ0) is 15.1. The smallest absolute Gasteiger partial charge is 0.295 e. The van der Waals surface area contributed by atoms with Gasteiger partial charge in [-0.3, -0.25) is 9.13 Å². The lowest BCUT2D eigenvalue weighted by atomic mass is 10.0. The molecule has 5 heteroatoms. The number of rotatable bonds is 2. The average molecular weight is 413 g/mol. The monoisotopic (exact) mass is 412 g/mol. The van der Waals surface area contributed by atoms with Gasteiger partial charge in [0.2, 0.25) is 0 Å². The summed E-state index contributed by atoms with van der Waals surface area (Å²) in [6.45, 7) is 0. The van der Waals surface area contributed by atoms with E-state index in [9.17, 15) is 4.79 Å². The van der Waals surface area contributed by atoms with Gasteiger partial charge < -0.3 is 0 Å². The van der Waals surface area contributed by atoms with Crippen LogP contribution in [0.1, 0.15) is 16.5 Å². The van der Waals surface area contributed by atoms with Gasteiger partial charge in [-0.05, 0) is 58.0 Å². The van der Waals surface area contributed by atoms with E-state index in [1.54, 1.807) is 23.2 Å². The largest absolute Gasteiger partial charge is 0.328 e. The van der Waals surface area contributed by atoms with Crippen LogP contribution in [-0.4, -0.2) is 9.13 Å². The summed E-state index contributed by atoms with van der Waals surface area (Å²) < 4.78 is 4.45. The fourth-order valence-electron chi connectivity index (χ4n) is 2.54. The van der Waals surface area contributed by atoms with Gasteiger partial charge in [0, 0.05) is 17.7 Å². The van der Waals surface area contributed by atoms with Crippen LogP contribution in [0.25, 0.3) is 11.0 Å². The van der Waals surface area contributed by atoms with Crippen LogP contribution in [0.15, 0.2) is 47.3 Å². The molecule has 3 aromatic rings. The van der Waals surface area contributed by atoms with Gasteiger partial charge in [0.1, 0.15) is 0 Å². The quantitative estimate of drug-likeness (QED) is 0.464. The number of nitrogens with zero attached hydrogens (tertiary/aromatic N) is 2. The third-order valence-corrected chi connectivity index (χ3v) is 4.90. The Hall–Kier alpha value is -1.27. The lowest BCUT2D eigenvalue weighted by Gasteiger charge is -2.11. The Morgan fingerprint density at radius 2 is 1.67 bits per heavy atom. The van der Waals surface area contributed by atoms with Gasteiger partial charge in [-0.2, -0.15) is 0 Å². The molecule has 1 aromatic heterocycles. The van der Waals surface area contributed by atoms with Gasteiger partial charge in [-0.25, -0.2) is 4.79 Å². The van der Waals surface area contributed by atoms with E-state index in [-0.39, 0.29) is 11.1 Å². The summed E-state index contributed by atoms with van der Waals surface area (Å²) in [7, 11) is 3.56. The number of hydrogen-bond donors (Lipinski definition) is 0. The molecule has 0 aliphatic heterocycles. The number of aromatic nitrogens is 2. The molecule has 1 heterocycles. The highest BCUT2D eigenvalue weighted by atomic mass is 127. The van der Waals surface area contributed by atoms with Crippen molar-refractivity contribution in [3.8, 4) is 0 Å². The fraction of sp³-hybridized carbons (Fsp3) is 0.188. The standard InChI is InChI=1S/C16H14ClIN2O/c1-19-13-7-6-11(9-14(13)20(2)16(19)21)15(17)10-4-3-5-12(18)8-10/h3-9,15H,1-2H3. The van der Waals surface area contributed by atoms with Crippen LogP contribution in [-0.2, 0) is 14.1 Å². The van der Waals surface area contributed by atoms with Crippen LogP contribution in [0.3, 0.4) is 0 Å². The van der Waals surface area contributed by atoms with Crippen LogP contribution < -0.4 is 5.69 Å². The molecule has 1 atom stereocenters. The van der Waals surface area contributed by atoms with Crippen molar-refractivity contribution in [3.63, 3.8) is 0 Å². The predicted molar refractivity (Wildman–Crippen MR) is 95.0 cm³/mol. The molecule has 0 radical (unpaired) electrons. The SMILES string of the molecule is Cn1c(=O)n(C)c2cc(C(Cl)c3cccc(I)c3)ccc21. The van der Waals surface area contributed by atoms with Crippen molar-refractivity contribution < 1.29 is 0 Å². The Morgan fingerprint density at radius 3 is 2.38 bits per heavy atom. The summed E-state index contributed by atoms with van der Waals surface area (Å²) in [4.78, 5) is 12.0. The summed E-state index contributed by atoms with van der Waals surface area (Å²) >= 11 is 8.88. The number of aryl methyl sites for hydroxylation is 2. The van der Waals surface area contributed by atoms with Crippen molar-refractivity contribution in [1.29, 1.82) is 0 Å². The molecule has 0 fully saturated rings. The molecular weight excluding hydrogens is 399 g/mol. The Kier molecular flexibility index (Phi) is 3.84. The predicted octanol–water partition coefficient (Wildman–Crippen LogP) is 3.81.